The van der Waals surface area contributed by atoms with Crippen molar-refractivity contribution in [2.75, 3.05) is 0 Å². The van der Waals surface area contributed by atoms with Gasteiger partial charge in [0.25, 0.3) is 0 Å². The van der Waals surface area contributed by atoms with Gasteiger partial charge in [-0.1, -0.05) is 66.7 Å². The normalized spacial score (nSPS) is 20.8. The Hall–Kier alpha value is -2.54. The third kappa shape index (κ3) is 1.41. The molecule has 1 nitrogen and oxygen atoms in total. The number of fused-ring (bicyclic) bond motifs is 8. The molecule has 0 aromatic heterocycles. The van der Waals surface area contributed by atoms with Crippen LogP contribution in [0.25, 0.3) is 11.1 Å². The second kappa shape index (κ2) is 3.98. The Balaban J connectivity index is 1.85. The molecular weight excluding hydrogens is 256 g/mol. The largest absolute Gasteiger partial charge is 0.484 e. The third-order valence-corrected chi connectivity index (χ3v) is 4.66. The van der Waals surface area contributed by atoms with Gasteiger partial charge in [-0.3, -0.25) is 0 Å². The van der Waals surface area contributed by atoms with Crippen LogP contribution in [0.3, 0.4) is 0 Å². The van der Waals surface area contributed by atoms with Crippen molar-refractivity contribution in [1.82, 2.24) is 0 Å². The molecule has 0 saturated heterocycles. The first-order valence-electron chi connectivity index (χ1n) is 7.37. The molecule has 1 aliphatic carbocycles. The fourth-order valence-electron chi connectivity index (χ4n) is 3.79. The maximum absolute atomic E-state index is 6.29. The van der Waals surface area contributed by atoms with Gasteiger partial charge in [-0.05, 0) is 22.8 Å². The smallest absolute Gasteiger partial charge is 0.135 e. The van der Waals surface area contributed by atoms with E-state index < -0.39 is 0 Å². The summed E-state index contributed by atoms with van der Waals surface area (Å²) in [5.74, 6) is 1.34. The van der Waals surface area contributed by atoms with Gasteiger partial charge in [0, 0.05) is 11.1 Å². The summed E-state index contributed by atoms with van der Waals surface area (Å²) in [6, 6.07) is 25.8. The fraction of sp³-hybridized carbons (Fsp3) is 0.100. The number of hydrogen-bond acceptors (Lipinski definition) is 1. The molecule has 1 heterocycles. The van der Waals surface area contributed by atoms with E-state index in [2.05, 4.69) is 66.7 Å². The van der Waals surface area contributed by atoms with Gasteiger partial charge in [-0.2, -0.15) is 0 Å². The molecule has 0 bridgehead atoms. The van der Waals surface area contributed by atoms with E-state index in [9.17, 15) is 0 Å². The van der Waals surface area contributed by atoms with E-state index in [1.54, 1.807) is 0 Å². The van der Waals surface area contributed by atoms with Gasteiger partial charge in [0.05, 0.1) is 5.92 Å². The summed E-state index contributed by atoms with van der Waals surface area (Å²) in [5.41, 5.74) is 6.64. The van der Waals surface area contributed by atoms with E-state index in [1.165, 1.54) is 27.8 Å². The molecule has 0 spiro atoms. The molecule has 3 aromatic carbocycles. The van der Waals surface area contributed by atoms with Gasteiger partial charge in [-0.15, -0.1) is 0 Å². The van der Waals surface area contributed by atoms with Crippen molar-refractivity contribution in [3.05, 3.63) is 89.5 Å². The van der Waals surface area contributed by atoms with E-state index in [1.807, 2.05) is 6.07 Å². The van der Waals surface area contributed by atoms with Crippen LogP contribution in [0.2, 0.25) is 0 Å². The Bertz CT molecular complexity index is 850. The summed E-state index contributed by atoms with van der Waals surface area (Å²) < 4.78 is 6.29. The second-order valence-electron chi connectivity index (χ2n) is 5.73. The van der Waals surface area contributed by atoms with Gasteiger partial charge in [-0.25, -0.2) is 0 Å². The molecule has 0 unspecified atom stereocenters. The van der Waals surface area contributed by atoms with Gasteiger partial charge in [0.1, 0.15) is 11.9 Å². The minimum absolute atomic E-state index is 0.105. The second-order valence-corrected chi connectivity index (χ2v) is 5.73. The molecule has 0 radical (unpaired) electrons. The maximum atomic E-state index is 6.29. The van der Waals surface area contributed by atoms with E-state index in [0.717, 1.165) is 5.75 Å². The number of hydrogen-bond donors (Lipinski definition) is 0. The van der Waals surface area contributed by atoms with Crippen molar-refractivity contribution >= 4 is 0 Å². The Morgan fingerprint density at radius 1 is 0.571 bits per heavy atom. The highest BCUT2D eigenvalue weighted by molar-refractivity contribution is 5.77. The molecule has 1 heteroatoms. The van der Waals surface area contributed by atoms with Crippen LogP contribution in [0, 0.1) is 0 Å². The quantitative estimate of drug-likeness (QED) is 0.562. The fourth-order valence-corrected chi connectivity index (χ4v) is 3.79. The SMILES string of the molecule is c1ccc2c(c1)O[C@@H]1c3ccccc3-c3ccccc3[C@H]21. The van der Waals surface area contributed by atoms with Gasteiger partial charge in [0.15, 0.2) is 0 Å². The topological polar surface area (TPSA) is 9.23 Å². The van der Waals surface area contributed by atoms with Gasteiger partial charge in [0.2, 0.25) is 0 Å². The molecule has 0 N–H and O–H groups in total. The lowest BCUT2D eigenvalue weighted by atomic mass is 9.75. The summed E-state index contributed by atoms with van der Waals surface area (Å²) in [6.45, 7) is 0. The average Bonchev–Trinajstić information content (AvgIpc) is 2.95. The summed E-state index contributed by atoms with van der Waals surface area (Å²) >= 11 is 0. The summed E-state index contributed by atoms with van der Waals surface area (Å²) in [5, 5.41) is 0. The highest BCUT2D eigenvalue weighted by atomic mass is 16.5. The van der Waals surface area contributed by atoms with Crippen LogP contribution in [0.4, 0.5) is 0 Å². The molecule has 0 fully saturated rings. The molecule has 100 valence electrons. The van der Waals surface area contributed by atoms with Crippen molar-refractivity contribution in [2.24, 2.45) is 0 Å². The van der Waals surface area contributed by atoms with Crippen LogP contribution in [0.1, 0.15) is 28.7 Å². The summed E-state index contributed by atoms with van der Waals surface area (Å²) in [4.78, 5) is 0. The van der Waals surface area contributed by atoms with Crippen molar-refractivity contribution in [1.29, 1.82) is 0 Å². The number of rotatable bonds is 0. The van der Waals surface area contributed by atoms with E-state index in [0.29, 0.717) is 5.92 Å². The molecule has 3 aromatic rings. The molecule has 21 heavy (non-hydrogen) atoms. The monoisotopic (exact) mass is 270 g/mol. The lowest BCUT2D eigenvalue weighted by molar-refractivity contribution is 0.221. The van der Waals surface area contributed by atoms with Crippen molar-refractivity contribution < 1.29 is 4.74 Å². The van der Waals surface area contributed by atoms with Crippen LogP contribution in [-0.4, -0.2) is 0 Å². The van der Waals surface area contributed by atoms with Crippen molar-refractivity contribution in [2.45, 2.75) is 12.0 Å². The molecule has 2 aliphatic rings. The highest BCUT2D eigenvalue weighted by Crippen LogP contribution is 2.55. The zero-order valence-electron chi connectivity index (χ0n) is 11.5. The predicted molar refractivity (Wildman–Crippen MR) is 83.5 cm³/mol. The predicted octanol–water partition coefficient (Wildman–Crippen LogP) is 4.93. The highest BCUT2D eigenvalue weighted by Gasteiger charge is 2.41. The van der Waals surface area contributed by atoms with E-state index in [-0.39, 0.29) is 6.10 Å². The summed E-state index contributed by atoms with van der Waals surface area (Å²) in [7, 11) is 0. The van der Waals surface area contributed by atoms with Gasteiger partial charge < -0.3 is 4.74 Å². The zero-order chi connectivity index (χ0) is 13.8. The zero-order valence-corrected chi connectivity index (χ0v) is 11.5. The molecule has 0 amide bonds. The average molecular weight is 270 g/mol. The van der Waals surface area contributed by atoms with E-state index >= 15 is 0 Å². The van der Waals surface area contributed by atoms with Crippen molar-refractivity contribution in [3.8, 4) is 16.9 Å². The Kier molecular flexibility index (Phi) is 2.12. The Morgan fingerprint density at radius 3 is 1.95 bits per heavy atom. The lowest BCUT2D eigenvalue weighted by Gasteiger charge is -2.30. The molecule has 0 saturated carbocycles. The molecular formula is C20H14O. The third-order valence-electron chi connectivity index (χ3n) is 4.66. The minimum Gasteiger partial charge on any atom is -0.484 e. The number of para-hydroxylation sites is 1. The maximum Gasteiger partial charge on any atom is 0.135 e. The Morgan fingerprint density at radius 2 is 1.14 bits per heavy atom. The standard InChI is InChI=1S/C20H14O/c1-3-9-15-13(7-1)14-8-2-4-10-16(14)20-19(15)17-11-5-6-12-18(17)21-20/h1-12,19-20H/t19-,20-/m1/s1. The molecule has 2 atom stereocenters. The first-order valence-corrected chi connectivity index (χ1v) is 7.37. The minimum atomic E-state index is 0.105. The first kappa shape index (κ1) is 11.2. The Labute approximate surface area is 123 Å². The van der Waals surface area contributed by atoms with Crippen molar-refractivity contribution in [3.63, 3.8) is 0 Å². The van der Waals surface area contributed by atoms with Crippen LogP contribution in [-0.2, 0) is 0 Å². The number of benzene rings is 3. The first-order chi connectivity index (χ1) is 10.4. The van der Waals surface area contributed by atoms with E-state index in [4.69, 9.17) is 4.74 Å². The van der Waals surface area contributed by atoms with Crippen LogP contribution in [0.15, 0.2) is 72.8 Å². The van der Waals surface area contributed by atoms with Gasteiger partial charge >= 0.3 is 0 Å². The molecule has 5 rings (SSSR count). The van der Waals surface area contributed by atoms with Crippen LogP contribution < -0.4 is 4.74 Å². The summed E-state index contributed by atoms with van der Waals surface area (Å²) in [6.07, 6.45) is 0.105. The van der Waals surface area contributed by atoms with Crippen LogP contribution in [0.5, 0.6) is 5.75 Å². The molecule has 1 aliphatic heterocycles. The van der Waals surface area contributed by atoms with Crippen LogP contribution >= 0.6 is 0 Å². The lowest BCUT2D eigenvalue weighted by Crippen LogP contribution is -2.17. The number of ether oxygens (including phenoxy) is 1.